The van der Waals surface area contributed by atoms with Gasteiger partial charge in [-0.2, -0.15) is 0 Å². The fourth-order valence-corrected chi connectivity index (χ4v) is 5.14. The minimum absolute atomic E-state index is 0.00778. The average molecular weight is 422 g/mol. The van der Waals surface area contributed by atoms with Crippen LogP contribution >= 0.6 is 0 Å². The van der Waals surface area contributed by atoms with E-state index in [4.69, 9.17) is 9.47 Å². The van der Waals surface area contributed by atoms with Gasteiger partial charge in [0.2, 0.25) is 0 Å². The Morgan fingerprint density at radius 1 is 1.16 bits per heavy atom. The number of para-hydroxylation sites is 1. The van der Waals surface area contributed by atoms with Gasteiger partial charge in [-0.25, -0.2) is 4.79 Å². The van der Waals surface area contributed by atoms with Crippen LogP contribution < -0.4 is 9.80 Å². The highest BCUT2D eigenvalue weighted by Crippen LogP contribution is 2.53. The van der Waals surface area contributed by atoms with Crippen molar-refractivity contribution in [3.8, 4) is 0 Å². The van der Waals surface area contributed by atoms with Crippen molar-refractivity contribution in [1.29, 1.82) is 0 Å². The Morgan fingerprint density at radius 3 is 2.77 bits per heavy atom. The zero-order valence-electron chi connectivity index (χ0n) is 17.5. The summed E-state index contributed by atoms with van der Waals surface area (Å²) in [4.78, 5) is 29.1. The summed E-state index contributed by atoms with van der Waals surface area (Å²) in [7, 11) is 0. The van der Waals surface area contributed by atoms with E-state index in [9.17, 15) is 14.7 Å². The highest BCUT2D eigenvalue weighted by Gasteiger charge is 2.59. The maximum Gasteiger partial charge on any atom is 0.414 e. The lowest BCUT2D eigenvalue weighted by atomic mass is 9.83. The summed E-state index contributed by atoms with van der Waals surface area (Å²) in [5.74, 6) is -0.0546. The third kappa shape index (κ3) is 3.11. The van der Waals surface area contributed by atoms with Crippen LogP contribution in [0.3, 0.4) is 0 Å². The van der Waals surface area contributed by atoms with Crippen LogP contribution in [0, 0.1) is 5.92 Å². The largest absolute Gasteiger partial charge is 0.447 e. The second-order valence-corrected chi connectivity index (χ2v) is 8.47. The van der Waals surface area contributed by atoms with Crippen LogP contribution in [0.2, 0.25) is 0 Å². The number of anilines is 2. The fourth-order valence-electron chi connectivity index (χ4n) is 5.14. The van der Waals surface area contributed by atoms with E-state index >= 15 is 0 Å². The van der Waals surface area contributed by atoms with E-state index in [1.807, 2.05) is 48.5 Å². The monoisotopic (exact) mass is 422 g/mol. The summed E-state index contributed by atoms with van der Waals surface area (Å²) in [5.41, 5.74) is 2.44. The molecule has 3 aliphatic heterocycles. The first-order valence-corrected chi connectivity index (χ1v) is 10.8. The molecule has 0 radical (unpaired) electrons. The van der Waals surface area contributed by atoms with Gasteiger partial charge in [-0.1, -0.05) is 37.3 Å². The van der Waals surface area contributed by atoms with Gasteiger partial charge >= 0.3 is 6.09 Å². The number of rotatable bonds is 5. The van der Waals surface area contributed by atoms with Gasteiger partial charge in [0.25, 0.3) is 5.91 Å². The molecule has 31 heavy (non-hydrogen) atoms. The van der Waals surface area contributed by atoms with Crippen molar-refractivity contribution in [1.82, 2.24) is 0 Å². The van der Waals surface area contributed by atoms with Crippen molar-refractivity contribution < 1.29 is 24.2 Å². The molecule has 2 saturated heterocycles. The molecular formula is C24H26N2O5. The number of ether oxygens (including phenoxy) is 2. The van der Waals surface area contributed by atoms with Crippen molar-refractivity contribution >= 4 is 23.4 Å². The molecule has 0 unspecified atom stereocenters. The Morgan fingerprint density at radius 2 is 2.00 bits per heavy atom. The van der Waals surface area contributed by atoms with Crippen LogP contribution in [-0.2, 0) is 26.4 Å². The predicted octanol–water partition coefficient (Wildman–Crippen LogP) is 3.19. The third-order valence-corrected chi connectivity index (χ3v) is 6.60. The summed E-state index contributed by atoms with van der Waals surface area (Å²) < 4.78 is 11.4. The molecule has 7 nitrogen and oxygen atoms in total. The van der Waals surface area contributed by atoms with Gasteiger partial charge in [-0.05, 0) is 36.6 Å². The number of amides is 2. The van der Waals surface area contributed by atoms with Crippen LogP contribution in [0.25, 0.3) is 0 Å². The number of nitrogens with zero attached hydrogens (tertiary/aromatic N) is 2. The smallest absolute Gasteiger partial charge is 0.414 e. The molecule has 3 aliphatic rings. The minimum Gasteiger partial charge on any atom is -0.447 e. The van der Waals surface area contributed by atoms with E-state index in [-0.39, 0.29) is 30.6 Å². The molecule has 7 heteroatoms. The molecule has 3 heterocycles. The van der Waals surface area contributed by atoms with Gasteiger partial charge in [-0.15, -0.1) is 0 Å². The highest BCUT2D eigenvalue weighted by molar-refractivity contribution is 6.07. The van der Waals surface area contributed by atoms with E-state index in [1.165, 1.54) is 0 Å². The van der Waals surface area contributed by atoms with Crippen molar-refractivity contribution in [3.63, 3.8) is 0 Å². The molecule has 2 aromatic rings. The normalized spacial score (nSPS) is 27.3. The van der Waals surface area contributed by atoms with Crippen LogP contribution in [0.1, 0.15) is 30.9 Å². The first-order valence-electron chi connectivity index (χ1n) is 10.8. The highest BCUT2D eigenvalue weighted by atomic mass is 16.6. The van der Waals surface area contributed by atoms with Crippen LogP contribution in [0.4, 0.5) is 16.2 Å². The maximum atomic E-state index is 13.8. The molecule has 5 rings (SSSR count). The molecule has 0 aromatic heterocycles. The van der Waals surface area contributed by atoms with Gasteiger partial charge in [-0.3, -0.25) is 9.69 Å². The lowest BCUT2D eigenvalue weighted by Crippen LogP contribution is -2.43. The Bertz CT molecular complexity index is 1020. The molecule has 2 fully saturated rings. The lowest BCUT2D eigenvalue weighted by Gasteiger charge is -2.28. The SMILES string of the molecule is C[C@@H]1C[C@H](CCO)O[C@@]12C(=O)N(Cc1cccc(N3CCOC3=O)c1)c1ccccc12. The number of cyclic esters (lactones) is 1. The Labute approximate surface area is 181 Å². The summed E-state index contributed by atoms with van der Waals surface area (Å²) in [6.07, 6.45) is 0.777. The summed E-state index contributed by atoms with van der Waals surface area (Å²) in [5, 5.41) is 9.37. The molecule has 1 N–H and O–H groups in total. The molecule has 0 aliphatic carbocycles. The molecule has 162 valence electrons. The van der Waals surface area contributed by atoms with Gasteiger partial charge in [0.05, 0.1) is 24.9 Å². The number of carbonyl (C=O) groups excluding carboxylic acids is 2. The Kier molecular flexibility index (Phi) is 4.95. The predicted molar refractivity (Wildman–Crippen MR) is 115 cm³/mol. The van der Waals surface area contributed by atoms with Crippen LogP contribution in [0.15, 0.2) is 48.5 Å². The molecule has 2 aromatic carbocycles. The van der Waals surface area contributed by atoms with Gasteiger partial charge in [0.1, 0.15) is 6.61 Å². The number of hydrogen-bond acceptors (Lipinski definition) is 5. The molecule has 2 amide bonds. The molecule has 0 saturated carbocycles. The van der Waals surface area contributed by atoms with Crippen molar-refractivity contribution in [2.45, 2.75) is 38.0 Å². The minimum atomic E-state index is -1.01. The van der Waals surface area contributed by atoms with Crippen molar-refractivity contribution in [2.75, 3.05) is 29.6 Å². The number of carbonyl (C=O) groups is 2. The zero-order valence-corrected chi connectivity index (χ0v) is 17.5. The standard InChI is InChI=1S/C24H26N2O5/c1-16-13-19(9-11-27)31-24(16)20-7-2-3-8-21(20)26(22(24)28)15-17-5-4-6-18(14-17)25-10-12-30-23(25)29/h2-8,14,16,19,27H,9-13,15H2,1H3/t16-,19+,24+/m1/s1. The van der Waals surface area contributed by atoms with Gasteiger partial charge in [0, 0.05) is 23.8 Å². The topological polar surface area (TPSA) is 79.3 Å². The van der Waals surface area contributed by atoms with E-state index in [0.717, 1.165) is 28.9 Å². The van der Waals surface area contributed by atoms with Crippen molar-refractivity contribution in [2.24, 2.45) is 5.92 Å². The summed E-state index contributed by atoms with van der Waals surface area (Å²) >= 11 is 0. The van der Waals surface area contributed by atoms with Crippen molar-refractivity contribution in [3.05, 3.63) is 59.7 Å². The summed E-state index contributed by atoms with van der Waals surface area (Å²) in [6, 6.07) is 15.5. The molecule has 1 spiro atoms. The molecular weight excluding hydrogens is 396 g/mol. The first-order chi connectivity index (χ1) is 15.0. The van der Waals surface area contributed by atoms with E-state index in [0.29, 0.717) is 26.1 Å². The molecule has 3 atom stereocenters. The van der Waals surface area contributed by atoms with E-state index < -0.39 is 5.60 Å². The number of aliphatic hydroxyl groups excluding tert-OH is 1. The molecule has 0 bridgehead atoms. The zero-order chi connectivity index (χ0) is 21.6. The number of aliphatic hydroxyl groups is 1. The number of fused-ring (bicyclic) bond motifs is 2. The van der Waals surface area contributed by atoms with E-state index in [2.05, 4.69) is 6.92 Å². The van der Waals surface area contributed by atoms with Gasteiger partial charge in [0.15, 0.2) is 5.60 Å². The van der Waals surface area contributed by atoms with Crippen LogP contribution in [-0.4, -0.2) is 43.0 Å². The number of hydrogen-bond donors (Lipinski definition) is 1. The Balaban J connectivity index is 1.47. The second kappa shape index (κ2) is 7.66. The lowest BCUT2D eigenvalue weighted by molar-refractivity contribution is -0.146. The Hall–Kier alpha value is -2.90. The quantitative estimate of drug-likeness (QED) is 0.801. The van der Waals surface area contributed by atoms with Gasteiger partial charge < -0.3 is 19.5 Å². The van der Waals surface area contributed by atoms with E-state index in [1.54, 1.807) is 9.80 Å². The average Bonchev–Trinajstić information content (AvgIpc) is 3.41. The fraction of sp³-hybridized carbons (Fsp3) is 0.417. The maximum absolute atomic E-state index is 13.8. The number of benzene rings is 2. The third-order valence-electron chi connectivity index (χ3n) is 6.60. The summed E-state index contributed by atoms with van der Waals surface area (Å²) in [6.45, 7) is 3.38. The van der Waals surface area contributed by atoms with Crippen LogP contribution in [0.5, 0.6) is 0 Å². The second-order valence-electron chi connectivity index (χ2n) is 8.47. The first kappa shape index (κ1) is 20.0.